The lowest BCUT2D eigenvalue weighted by molar-refractivity contribution is 0.102. The van der Waals surface area contributed by atoms with Gasteiger partial charge < -0.3 is 19.2 Å². The first-order valence-corrected chi connectivity index (χ1v) is 8.90. The minimum absolute atomic E-state index is 0.111. The van der Waals surface area contributed by atoms with Gasteiger partial charge in [0.2, 0.25) is 0 Å². The molecule has 0 radical (unpaired) electrons. The molecule has 1 N–H and O–H groups in total. The normalized spacial score (nSPS) is 10.5. The molecule has 0 aliphatic rings. The molecule has 4 aromatic rings. The third-order valence-corrected chi connectivity index (χ3v) is 4.29. The number of hydrogen-bond acceptors (Lipinski definition) is 5. The minimum atomic E-state index is -0.749. The Morgan fingerprint density at radius 3 is 2.41 bits per heavy atom. The Morgan fingerprint density at radius 1 is 0.897 bits per heavy atom. The molecule has 0 fully saturated rings. The Bertz CT molecular complexity index is 1230. The Labute approximate surface area is 166 Å². The zero-order valence-electron chi connectivity index (χ0n) is 15.5. The molecule has 0 saturated heterocycles. The predicted molar refractivity (Wildman–Crippen MR) is 110 cm³/mol. The van der Waals surface area contributed by atoms with Crippen LogP contribution >= 0.6 is 0 Å². The van der Waals surface area contributed by atoms with E-state index in [4.69, 9.17) is 13.9 Å². The molecule has 144 valence electrons. The second-order valence-electron chi connectivity index (χ2n) is 6.19. The van der Waals surface area contributed by atoms with Crippen molar-refractivity contribution in [1.82, 2.24) is 0 Å². The van der Waals surface area contributed by atoms with E-state index in [9.17, 15) is 9.59 Å². The molecule has 6 heteroatoms. The first-order chi connectivity index (χ1) is 14.2. The Balaban J connectivity index is 1.65. The summed E-state index contributed by atoms with van der Waals surface area (Å²) in [5.41, 5.74) is -0.128. The Hall–Kier alpha value is -4.06. The van der Waals surface area contributed by atoms with Crippen LogP contribution in [0.25, 0.3) is 11.0 Å². The number of methoxy groups -OCH3 is 1. The second-order valence-corrected chi connectivity index (χ2v) is 6.19. The minimum Gasteiger partial charge on any atom is -0.493 e. The summed E-state index contributed by atoms with van der Waals surface area (Å²) in [7, 11) is 1.49. The summed E-state index contributed by atoms with van der Waals surface area (Å²) in [5.74, 6) is 0.922. The van der Waals surface area contributed by atoms with Crippen molar-refractivity contribution in [3.8, 4) is 17.2 Å². The summed E-state index contributed by atoms with van der Waals surface area (Å²) in [6, 6.07) is 22.9. The lowest BCUT2D eigenvalue weighted by atomic mass is 10.1. The standard InChI is InChI=1S/C23H17NO5/c1-27-20-13-7-8-15-14-17(23(26)29-21(15)20)22(25)24-18-11-5-6-12-19(18)28-16-9-3-2-4-10-16/h2-14H,1H3,(H,24,25). The fourth-order valence-corrected chi connectivity index (χ4v) is 2.90. The molecule has 0 saturated carbocycles. The van der Waals surface area contributed by atoms with Gasteiger partial charge >= 0.3 is 5.63 Å². The number of nitrogens with one attached hydrogen (secondary N) is 1. The number of fused-ring (bicyclic) bond motifs is 1. The van der Waals surface area contributed by atoms with E-state index in [2.05, 4.69) is 5.32 Å². The molecule has 6 nitrogen and oxygen atoms in total. The molecular formula is C23H17NO5. The van der Waals surface area contributed by atoms with Gasteiger partial charge in [0, 0.05) is 5.39 Å². The van der Waals surface area contributed by atoms with Gasteiger partial charge in [0.1, 0.15) is 11.3 Å². The maximum absolute atomic E-state index is 12.8. The number of para-hydroxylation sites is 4. The molecule has 29 heavy (non-hydrogen) atoms. The molecule has 0 unspecified atom stereocenters. The highest BCUT2D eigenvalue weighted by Crippen LogP contribution is 2.30. The number of carbonyl (C=O) groups excluding carboxylic acids is 1. The van der Waals surface area contributed by atoms with Gasteiger partial charge in [-0.2, -0.15) is 0 Å². The molecule has 4 rings (SSSR count). The molecule has 0 bridgehead atoms. The number of rotatable bonds is 5. The Morgan fingerprint density at radius 2 is 1.62 bits per heavy atom. The first-order valence-electron chi connectivity index (χ1n) is 8.90. The number of ether oxygens (including phenoxy) is 2. The first kappa shape index (κ1) is 18.3. The fourth-order valence-electron chi connectivity index (χ4n) is 2.90. The van der Waals surface area contributed by atoms with E-state index in [0.29, 0.717) is 33.9 Å². The van der Waals surface area contributed by atoms with Gasteiger partial charge in [-0.3, -0.25) is 4.79 Å². The van der Waals surface area contributed by atoms with Crippen molar-refractivity contribution in [3.63, 3.8) is 0 Å². The highest BCUT2D eigenvalue weighted by Gasteiger charge is 2.17. The highest BCUT2D eigenvalue weighted by molar-refractivity contribution is 6.06. The third kappa shape index (κ3) is 3.82. The van der Waals surface area contributed by atoms with Crippen LogP contribution in [-0.2, 0) is 0 Å². The average Bonchev–Trinajstić information content (AvgIpc) is 2.75. The van der Waals surface area contributed by atoms with Gasteiger partial charge in [0.25, 0.3) is 5.91 Å². The zero-order valence-corrected chi connectivity index (χ0v) is 15.5. The molecule has 0 spiro atoms. The van der Waals surface area contributed by atoms with E-state index in [-0.39, 0.29) is 5.56 Å². The summed E-state index contributed by atoms with van der Waals surface area (Å²) >= 11 is 0. The monoisotopic (exact) mass is 387 g/mol. The van der Waals surface area contributed by atoms with Gasteiger partial charge in [-0.25, -0.2) is 4.79 Å². The van der Waals surface area contributed by atoms with Crippen molar-refractivity contribution >= 4 is 22.6 Å². The molecular weight excluding hydrogens is 370 g/mol. The largest absolute Gasteiger partial charge is 0.493 e. The number of hydrogen-bond donors (Lipinski definition) is 1. The van der Waals surface area contributed by atoms with Crippen LogP contribution in [0, 0.1) is 0 Å². The smallest absolute Gasteiger partial charge is 0.349 e. The van der Waals surface area contributed by atoms with Crippen molar-refractivity contribution < 1.29 is 18.7 Å². The zero-order chi connectivity index (χ0) is 20.2. The van der Waals surface area contributed by atoms with E-state index in [1.54, 1.807) is 42.5 Å². The molecule has 1 aromatic heterocycles. The Kier molecular flexibility index (Phi) is 4.99. The van der Waals surface area contributed by atoms with Gasteiger partial charge in [-0.1, -0.05) is 42.5 Å². The molecule has 0 aliphatic heterocycles. The number of benzene rings is 3. The molecule has 0 aliphatic carbocycles. The van der Waals surface area contributed by atoms with Gasteiger partial charge in [0.05, 0.1) is 12.8 Å². The maximum atomic E-state index is 12.8. The van der Waals surface area contributed by atoms with Crippen molar-refractivity contribution in [1.29, 1.82) is 0 Å². The van der Waals surface area contributed by atoms with Gasteiger partial charge in [-0.05, 0) is 36.4 Å². The van der Waals surface area contributed by atoms with Crippen LogP contribution in [0.3, 0.4) is 0 Å². The van der Waals surface area contributed by atoms with Crippen molar-refractivity contribution in [3.05, 3.63) is 94.8 Å². The van der Waals surface area contributed by atoms with E-state index in [1.165, 1.54) is 13.2 Å². The average molecular weight is 387 g/mol. The van der Waals surface area contributed by atoms with Crippen molar-refractivity contribution in [2.45, 2.75) is 0 Å². The van der Waals surface area contributed by atoms with Crippen LogP contribution in [0.4, 0.5) is 5.69 Å². The van der Waals surface area contributed by atoms with E-state index < -0.39 is 11.5 Å². The molecule has 1 amide bonds. The van der Waals surface area contributed by atoms with Crippen LogP contribution < -0.4 is 20.4 Å². The summed E-state index contributed by atoms with van der Waals surface area (Å²) in [5, 5.41) is 3.31. The van der Waals surface area contributed by atoms with Gasteiger partial charge in [-0.15, -0.1) is 0 Å². The SMILES string of the molecule is COc1cccc2cc(C(=O)Nc3ccccc3Oc3ccccc3)c(=O)oc12. The molecule has 1 heterocycles. The summed E-state index contributed by atoms with van der Waals surface area (Å²) in [6.07, 6.45) is 0. The summed E-state index contributed by atoms with van der Waals surface area (Å²) < 4.78 is 16.4. The van der Waals surface area contributed by atoms with E-state index in [0.717, 1.165) is 0 Å². The quantitative estimate of drug-likeness (QED) is 0.496. The van der Waals surface area contributed by atoms with Crippen LogP contribution in [-0.4, -0.2) is 13.0 Å². The van der Waals surface area contributed by atoms with Crippen LogP contribution in [0.1, 0.15) is 10.4 Å². The molecule has 3 aromatic carbocycles. The summed E-state index contributed by atoms with van der Waals surface area (Å²) in [6.45, 7) is 0. The van der Waals surface area contributed by atoms with E-state index in [1.807, 2.05) is 30.3 Å². The highest BCUT2D eigenvalue weighted by atomic mass is 16.5. The van der Waals surface area contributed by atoms with Crippen LogP contribution in [0.5, 0.6) is 17.2 Å². The number of amides is 1. The summed E-state index contributed by atoms with van der Waals surface area (Å²) in [4.78, 5) is 25.2. The second kappa shape index (κ2) is 7.90. The van der Waals surface area contributed by atoms with Crippen LogP contribution in [0.15, 0.2) is 88.1 Å². The lowest BCUT2D eigenvalue weighted by Gasteiger charge is -2.12. The van der Waals surface area contributed by atoms with Crippen molar-refractivity contribution in [2.75, 3.05) is 12.4 Å². The topological polar surface area (TPSA) is 77.8 Å². The van der Waals surface area contributed by atoms with Crippen molar-refractivity contribution in [2.24, 2.45) is 0 Å². The molecule has 0 atom stereocenters. The predicted octanol–water partition coefficient (Wildman–Crippen LogP) is 4.85. The van der Waals surface area contributed by atoms with Gasteiger partial charge in [0.15, 0.2) is 17.1 Å². The van der Waals surface area contributed by atoms with Crippen LogP contribution in [0.2, 0.25) is 0 Å². The lowest BCUT2D eigenvalue weighted by Crippen LogP contribution is -2.21. The number of carbonyl (C=O) groups is 1. The fraction of sp³-hybridized carbons (Fsp3) is 0.0435. The maximum Gasteiger partial charge on any atom is 0.349 e. The third-order valence-electron chi connectivity index (χ3n) is 4.29. The number of anilines is 1. The van der Waals surface area contributed by atoms with E-state index >= 15 is 0 Å².